The van der Waals surface area contributed by atoms with Crippen molar-refractivity contribution in [1.82, 2.24) is 20.2 Å². The van der Waals surface area contributed by atoms with E-state index < -0.39 is 23.7 Å². The van der Waals surface area contributed by atoms with E-state index in [9.17, 15) is 8.78 Å². The van der Waals surface area contributed by atoms with Crippen molar-refractivity contribution >= 4 is 12.0 Å². The van der Waals surface area contributed by atoms with Gasteiger partial charge in [0.1, 0.15) is 30.0 Å². The molecule has 7 nitrogen and oxygen atoms in total. The average molecular weight is 398 g/mol. The molecule has 2 N–H and O–H groups in total. The summed E-state index contributed by atoms with van der Waals surface area (Å²) >= 11 is 0. The highest BCUT2D eigenvalue weighted by atomic mass is 19.1. The Balaban J connectivity index is 1.47. The van der Waals surface area contributed by atoms with E-state index in [1.807, 2.05) is 4.90 Å². The lowest BCUT2D eigenvalue weighted by molar-refractivity contribution is 0.361. The number of halogens is 2. The smallest absolute Gasteiger partial charge is 0.298 e. The summed E-state index contributed by atoms with van der Waals surface area (Å²) in [6.07, 6.45) is 6.95. The predicted molar refractivity (Wildman–Crippen MR) is 103 cm³/mol. The molecule has 3 aliphatic rings. The molecule has 0 bridgehead atoms. The van der Waals surface area contributed by atoms with Crippen molar-refractivity contribution in [2.24, 2.45) is 4.99 Å². The van der Waals surface area contributed by atoms with Crippen molar-refractivity contribution in [2.75, 3.05) is 18.4 Å². The molecule has 3 aliphatic heterocycles. The Kier molecular flexibility index (Phi) is 4.59. The van der Waals surface area contributed by atoms with Gasteiger partial charge >= 0.3 is 0 Å². The Morgan fingerprint density at radius 1 is 1.17 bits per heavy atom. The van der Waals surface area contributed by atoms with Crippen molar-refractivity contribution in [1.29, 1.82) is 0 Å². The molecule has 0 amide bonds. The van der Waals surface area contributed by atoms with Crippen LogP contribution in [-0.4, -0.2) is 40.0 Å². The van der Waals surface area contributed by atoms with Crippen LogP contribution in [0.15, 0.2) is 47.9 Å². The first-order valence-corrected chi connectivity index (χ1v) is 9.63. The first-order chi connectivity index (χ1) is 14.2. The topological polar surface area (TPSA) is 74.7 Å². The van der Waals surface area contributed by atoms with Crippen LogP contribution in [-0.2, 0) is 4.74 Å². The third-order valence-corrected chi connectivity index (χ3v) is 5.40. The molecule has 9 heteroatoms. The maximum Gasteiger partial charge on any atom is 0.298 e. The van der Waals surface area contributed by atoms with Gasteiger partial charge in [0.2, 0.25) is 5.95 Å². The fourth-order valence-corrected chi connectivity index (χ4v) is 3.97. The Labute approximate surface area is 166 Å². The number of piperidine rings is 1. The highest BCUT2D eigenvalue weighted by Crippen LogP contribution is 2.44. The minimum Gasteiger partial charge on any atom is -0.432 e. The van der Waals surface area contributed by atoms with Gasteiger partial charge in [-0.1, -0.05) is 6.07 Å². The lowest BCUT2D eigenvalue weighted by Gasteiger charge is -2.26. The van der Waals surface area contributed by atoms with E-state index in [2.05, 4.69) is 25.6 Å². The van der Waals surface area contributed by atoms with E-state index in [0.717, 1.165) is 32.0 Å². The Morgan fingerprint density at radius 3 is 2.86 bits per heavy atom. The molecule has 2 atom stereocenters. The lowest BCUT2D eigenvalue weighted by Crippen LogP contribution is -2.35. The fraction of sp³-hybridized carbons (Fsp3) is 0.350. The van der Waals surface area contributed by atoms with E-state index >= 15 is 0 Å². The Bertz CT molecular complexity index is 975. The number of nitrogens with one attached hydrogen (secondary N) is 2. The third kappa shape index (κ3) is 3.42. The standard InChI is InChI=1S/C20H20F2N6O/c21-12-1-2-14(15(22)11-12)17-18(28-9-10-29-20(28)27-17)16-5-8-24-19(26-16)25-13-3-6-23-7-4-13/h1-2,5,8-11,13,17-18,23H,3-4,6-7H2,(H,24,25,26). The highest BCUT2D eigenvalue weighted by molar-refractivity contribution is 5.80. The zero-order chi connectivity index (χ0) is 19.8. The predicted octanol–water partition coefficient (Wildman–Crippen LogP) is 2.87. The molecule has 0 radical (unpaired) electrons. The monoisotopic (exact) mass is 398 g/mol. The van der Waals surface area contributed by atoms with Crippen LogP contribution in [0.1, 0.15) is 36.2 Å². The number of hydrogen-bond donors (Lipinski definition) is 2. The molecular weight excluding hydrogens is 378 g/mol. The summed E-state index contributed by atoms with van der Waals surface area (Å²) in [5, 5.41) is 6.72. The number of benzene rings is 1. The van der Waals surface area contributed by atoms with Crippen molar-refractivity contribution < 1.29 is 13.5 Å². The first-order valence-electron chi connectivity index (χ1n) is 9.63. The van der Waals surface area contributed by atoms with E-state index in [-0.39, 0.29) is 0 Å². The van der Waals surface area contributed by atoms with Crippen LogP contribution < -0.4 is 10.6 Å². The zero-order valence-electron chi connectivity index (χ0n) is 15.6. The Morgan fingerprint density at radius 2 is 2.03 bits per heavy atom. The normalized spacial score (nSPS) is 23.7. The SMILES string of the molecule is Fc1ccc(C2N=C3OC=CN3C2c2ccnc(NC3CCNCC3)n2)c(F)c1. The zero-order valence-corrected chi connectivity index (χ0v) is 15.6. The molecule has 1 saturated heterocycles. The molecule has 5 rings (SSSR count). The number of hydrogen-bond acceptors (Lipinski definition) is 7. The second kappa shape index (κ2) is 7.40. The van der Waals surface area contributed by atoms with E-state index in [1.165, 1.54) is 18.4 Å². The van der Waals surface area contributed by atoms with Gasteiger partial charge in [0, 0.05) is 30.1 Å². The largest absolute Gasteiger partial charge is 0.432 e. The molecule has 1 fully saturated rings. The fourth-order valence-electron chi connectivity index (χ4n) is 3.97. The quantitative estimate of drug-likeness (QED) is 0.825. The van der Waals surface area contributed by atoms with Gasteiger partial charge in [-0.3, -0.25) is 4.90 Å². The maximum atomic E-state index is 14.5. The molecule has 2 aromatic rings. The molecule has 4 heterocycles. The van der Waals surface area contributed by atoms with Gasteiger partial charge in [-0.25, -0.2) is 23.7 Å². The molecule has 0 spiro atoms. The second-order valence-corrected chi connectivity index (χ2v) is 7.25. The molecular formula is C20H20F2N6O. The number of ether oxygens (including phenoxy) is 1. The first kappa shape index (κ1) is 18.0. The number of rotatable bonds is 4. The average Bonchev–Trinajstić information content (AvgIpc) is 3.30. The van der Waals surface area contributed by atoms with Crippen LogP contribution in [0.25, 0.3) is 0 Å². The number of aliphatic imine (C=N–C) groups is 1. The number of anilines is 1. The van der Waals surface area contributed by atoms with Crippen LogP contribution >= 0.6 is 0 Å². The number of fused-ring (bicyclic) bond motifs is 1. The molecule has 1 aromatic carbocycles. The van der Waals surface area contributed by atoms with Crippen LogP contribution in [0.3, 0.4) is 0 Å². The van der Waals surface area contributed by atoms with Gasteiger partial charge in [-0.05, 0) is 38.1 Å². The summed E-state index contributed by atoms with van der Waals surface area (Å²) in [7, 11) is 0. The van der Waals surface area contributed by atoms with E-state index in [4.69, 9.17) is 4.74 Å². The summed E-state index contributed by atoms with van der Waals surface area (Å²) in [5.41, 5.74) is 0.973. The molecule has 2 unspecified atom stereocenters. The molecule has 0 aliphatic carbocycles. The van der Waals surface area contributed by atoms with Crippen LogP contribution in [0.4, 0.5) is 14.7 Å². The van der Waals surface area contributed by atoms with Gasteiger partial charge in [0.15, 0.2) is 0 Å². The summed E-state index contributed by atoms with van der Waals surface area (Å²) in [6, 6.07) is 4.97. The number of nitrogens with zero attached hydrogens (tertiary/aromatic N) is 4. The second-order valence-electron chi connectivity index (χ2n) is 7.25. The summed E-state index contributed by atoms with van der Waals surface area (Å²) in [4.78, 5) is 15.4. The molecule has 0 saturated carbocycles. The summed E-state index contributed by atoms with van der Waals surface area (Å²) < 4.78 is 33.4. The van der Waals surface area contributed by atoms with Crippen LogP contribution in [0.2, 0.25) is 0 Å². The minimum absolute atomic E-state index is 0.293. The van der Waals surface area contributed by atoms with Gasteiger partial charge in [-0.2, -0.15) is 0 Å². The molecule has 29 heavy (non-hydrogen) atoms. The van der Waals surface area contributed by atoms with Gasteiger partial charge in [0.25, 0.3) is 6.02 Å². The highest BCUT2D eigenvalue weighted by Gasteiger charge is 2.42. The number of amidine groups is 1. The van der Waals surface area contributed by atoms with E-state index in [1.54, 1.807) is 18.5 Å². The van der Waals surface area contributed by atoms with Crippen molar-refractivity contribution in [3.63, 3.8) is 0 Å². The van der Waals surface area contributed by atoms with Crippen molar-refractivity contribution in [2.45, 2.75) is 31.0 Å². The van der Waals surface area contributed by atoms with Gasteiger partial charge in [0.05, 0.1) is 5.69 Å². The van der Waals surface area contributed by atoms with Crippen LogP contribution in [0.5, 0.6) is 0 Å². The van der Waals surface area contributed by atoms with Crippen molar-refractivity contribution in [3.05, 3.63) is 65.8 Å². The molecule has 1 aromatic heterocycles. The van der Waals surface area contributed by atoms with E-state index in [0.29, 0.717) is 29.3 Å². The minimum atomic E-state index is -0.642. The lowest BCUT2D eigenvalue weighted by atomic mass is 9.97. The van der Waals surface area contributed by atoms with Gasteiger partial charge in [-0.15, -0.1) is 0 Å². The van der Waals surface area contributed by atoms with Gasteiger partial charge < -0.3 is 15.4 Å². The Hall–Kier alpha value is -3.07. The maximum absolute atomic E-state index is 14.5. The number of aromatic nitrogens is 2. The summed E-state index contributed by atoms with van der Waals surface area (Å²) in [5.74, 6) is -0.734. The molecule has 150 valence electrons. The van der Waals surface area contributed by atoms with Crippen molar-refractivity contribution in [3.8, 4) is 0 Å². The van der Waals surface area contributed by atoms with Crippen LogP contribution in [0, 0.1) is 11.6 Å². The summed E-state index contributed by atoms with van der Waals surface area (Å²) in [6.45, 7) is 1.91. The third-order valence-electron chi connectivity index (χ3n) is 5.40.